The van der Waals surface area contributed by atoms with Gasteiger partial charge in [-0.15, -0.1) is 15.7 Å². The highest BCUT2D eigenvalue weighted by molar-refractivity contribution is 7.94. The van der Waals surface area contributed by atoms with Crippen LogP contribution in [0.25, 0.3) is 0 Å². The number of nitrogens with one attached hydrogen (secondary N) is 3. The molecule has 1 aromatic carbocycles. The summed E-state index contributed by atoms with van der Waals surface area (Å²) >= 11 is 1.05. The number of fused-ring (bicyclic) bond motifs is 2. The molecule has 4 rings (SSSR count). The van der Waals surface area contributed by atoms with Crippen molar-refractivity contribution in [3.8, 4) is 0 Å². The molecule has 1 atom stereocenters. The maximum atomic E-state index is 14.4. The maximum absolute atomic E-state index is 14.4. The lowest BCUT2D eigenvalue weighted by Crippen LogP contribution is -2.22. The van der Waals surface area contributed by atoms with Crippen LogP contribution >= 0.6 is 11.3 Å². The van der Waals surface area contributed by atoms with Gasteiger partial charge in [0.2, 0.25) is 0 Å². The second-order valence-electron chi connectivity index (χ2n) is 7.36. The number of aryl methyl sites for hydroxylation is 2. The topological polar surface area (TPSA) is 82.6 Å². The summed E-state index contributed by atoms with van der Waals surface area (Å²) in [5.74, 6) is -0.613. The highest BCUT2D eigenvalue weighted by atomic mass is 32.2. The van der Waals surface area contributed by atoms with Gasteiger partial charge in [0.15, 0.2) is 19.9 Å². The van der Waals surface area contributed by atoms with E-state index >= 15 is 0 Å². The molecule has 156 valence electrons. The minimum Gasteiger partial charge on any atom is -0.315 e. The minimum absolute atomic E-state index is 0.0519. The fourth-order valence-corrected chi connectivity index (χ4v) is 7.11. The number of thiophene rings is 1. The zero-order valence-corrected chi connectivity index (χ0v) is 18.2. The number of anilines is 1. The number of hydrogen-bond acceptors (Lipinski definition) is 4. The normalized spacial score (nSPS) is 16.9. The fourth-order valence-electron chi connectivity index (χ4n) is 4.24. The molecule has 6 nitrogen and oxygen atoms in total. The number of rotatable bonds is 5. The van der Waals surface area contributed by atoms with Crippen molar-refractivity contribution in [1.82, 2.24) is 10.0 Å². The highest BCUT2D eigenvalue weighted by Crippen LogP contribution is 2.38. The van der Waals surface area contributed by atoms with E-state index in [9.17, 15) is 13.4 Å². The first-order valence-electron chi connectivity index (χ1n) is 9.81. The van der Waals surface area contributed by atoms with E-state index in [4.69, 9.17) is 0 Å². The summed E-state index contributed by atoms with van der Waals surface area (Å²) in [6, 6.07) is 2.90. The third kappa shape index (κ3) is 3.84. The van der Waals surface area contributed by atoms with Gasteiger partial charge in [-0.2, -0.15) is 0 Å². The van der Waals surface area contributed by atoms with Crippen LogP contribution in [-0.4, -0.2) is 24.3 Å². The van der Waals surface area contributed by atoms with Crippen LogP contribution in [0.3, 0.4) is 0 Å². The summed E-state index contributed by atoms with van der Waals surface area (Å²) in [4.78, 5) is 13.5. The molecule has 9 heteroatoms. The Morgan fingerprint density at radius 3 is 2.38 bits per heavy atom. The van der Waals surface area contributed by atoms with E-state index in [-0.39, 0.29) is 4.21 Å². The van der Waals surface area contributed by atoms with Crippen LogP contribution in [0.15, 0.2) is 20.7 Å². The molecule has 1 aromatic heterocycles. The summed E-state index contributed by atoms with van der Waals surface area (Å²) in [5.41, 5.74) is 5.75. The summed E-state index contributed by atoms with van der Waals surface area (Å²) in [6.45, 7) is 0.454. The van der Waals surface area contributed by atoms with Gasteiger partial charge in [0, 0.05) is 17.1 Å². The van der Waals surface area contributed by atoms with E-state index in [0.717, 1.165) is 55.5 Å². The summed E-state index contributed by atoms with van der Waals surface area (Å²) in [6.07, 6.45) is 6.02. The summed E-state index contributed by atoms with van der Waals surface area (Å²) < 4.78 is 34.1. The van der Waals surface area contributed by atoms with Crippen LogP contribution in [0, 0.1) is 5.82 Å². The molecule has 0 saturated heterocycles. The molecular formula is C20H25FN4O2S2. The predicted octanol–water partition coefficient (Wildman–Crippen LogP) is 3.78. The molecule has 0 aliphatic heterocycles. The van der Waals surface area contributed by atoms with Crippen LogP contribution in [-0.2, 0) is 42.1 Å². The molecule has 29 heavy (non-hydrogen) atoms. The molecule has 2 aliphatic rings. The molecule has 1 unspecified atom stereocenters. The van der Waals surface area contributed by atoms with E-state index in [1.165, 1.54) is 35.4 Å². The molecule has 1 heterocycles. The summed E-state index contributed by atoms with van der Waals surface area (Å²) in [5, 5.41) is 5.83. The van der Waals surface area contributed by atoms with E-state index in [1.54, 1.807) is 7.05 Å². The van der Waals surface area contributed by atoms with Crippen LogP contribution in [0.2, 0.25) is 0 Å². The van der Waals surface area contributed by atoms with Gasteiger partial charge in [-0.05, 0) is 80.9 Å². The van der Waals surface area contributed by atoms with E-state index in [0.29, 0.717) is 11.4 Å². The first kappa shape index (κ1) is 20.5. The number of amides is 2. The van der Waals surface area contributed by atoms with Gasteiger partial charge in [-0.1, -0.05) is 6.07 Å². The Labute approximate surface area is 174 Å². The van der Waals surface area contributed by atoms with E-state index in [2.05, 4.69) is 25.8 Å². The summed E-state index contributed by atoms with van der Waals surface area (Å²) in [7, 11) is -0.227. The first-order valence-corrected chi connectivity index (χ1v) is 12.1. The molecule has 2 amide bonds. The Kier molecular flexibility index (Phi) is 5.74. The number of hydrogen-bond donors (Lipinski definition) is 3. The maximum Gasteiger partial charge on any atom is 0.354 e. The minimum atomic E-state index is -3.40. The number of benzene rings is 1. The van der Waals surface area contributed by atoms with Gasteiger partial charge >= 0.3 is 6.03 Å². The molecular weight excluding hydrogens is 411 g/mol. The van der Waals surface area contributed by atoms with Gasteiger partial charge in [0.1, 0.15) is 0 Å². The highest BCUT2D eigenvalue weighted by Gasteiger charge is 2.26. The Bertz CT molecular complexity index is 1050. The Hall–Kier alpha value is -1.81. The van der Waals surface area contributed by atoms with Crippen molar-refractivity contribution >= 4 is 33.0 Å². The third-order valence-electron chi connectivity index (χ3n) is 5.50. The standard InChI is InChI=1S/C20H25FN4O2S2/c1-22-11-14-10-17(21)19(28-14)29(27,23-2)25-20(26)24-18-15-7-3-5-12(15)9-13-6-4-8-16(13)18/h9-10,22H,3-8,11H2,1-2H3,(H2,23,24,25,26,27). The number of carbonyl (C=O) groups excluding carboxylic acids is 1. The van der Waals surface area contributed by atoms with Crippen LogP contribution < -0.4 is 15.4 Å². The zero-order chi connectivity index (χ0) is 20.6. The van der Waals surface area contributed by atoms with Gasteiger partial charge < -0.3 is 10.6 Å². The lowest BCUT2D eigenvalue weighted by Gasteiger charge is -2.15. The first-order chi connectivity index (χ1) is 13.9. The van der Waals surface area contributed by atoms with Gasteiger partial charge in [-0.3, -0.25) is 0 Å². The van der Waals surface area contributed by atoms with Crippen LogP contribution in [0.5, 0.6) is 0 Å². The van der Waals surface area contributed by atoms with Crippen molar-refractivity contribution in [3.05, 3.63) is 45.1 Å². The lowest BCUT2D eigenvalue weighted by atomic mass is 9.99. The van der Waals surface area contributed by atoms with Crippen LogP contribution in [0.4, 0.5) is 14.9 Å². The number of halogens is 1. The fraction of sp³-hybridized carbons (Fsp3) is 0.450. The quantitative estimate of drug-likeness (QED) is 0.667. The van der Waals surface area contributed by atoms with Crippen molar-refractivity contribution < 1.29 is 13.4 Å². The SMILES string of the molecule is CNCc1cc(F)c(S(=O)(=NC(=O)Nc2c3c(cc4c2CCC4)CCC3)NC)s1. The van der Waals surface area contributed by atoms with Gasteiger partial charge in [0.25, 0.3) is 0 Å². The lowest BCUT2D eigenvalue weighted by molar-refractivity contribution is 0.260. The average molecular weight is 437 g/mol. The molecule has 3 N–H and O–H groups in total. The zero-order valence-electron chi connectivity index (χ0n) is 16.6. The monoisotopic (exact) mass is 436 g/mol. The second kappa shape index (κ2) is 8.14. The predicted molar refractivity (Wildman–Crippen MR) is 114 cm³/mol. The molecule has 0 radical (unpaired) electrons. The van der Waals surface area contributed by atoms with Crippen molar-refractivity contribution in [2.24, 2.45) is 4.36 Å². The van der Waals surface area contributed by atoms with Crippen LogP contribution in [0.1, 0.15) is 40.0 Å². The molecule has 0 bridgehead atoms. The van der Waals surface area contributed by atoms with Crippen molar-refractivity contribution in [2.75, 3.05) is 19.4 Å². The Balaban J connectivity index is 1.69. The molecule has 0 fully saturated rings. The van der Waals surface area contributed by atoms with Crippen molar-refractivity contribution in [1.29, 1.82) is 0 Å². The smallest absolute Gasteiger partial charge is 0.315 e. The van der Waals surface area contributed by atoms with Crippen molar-refractivity contribution in [3.63, 3.8) is 0 Å². The third-order valence-corrected chi connectivity index (χ3v) is 9.01. The molecule has 0 spiro atoms. The number of carbonyl (C=O) groups is 1. The number of nitrogens with zero attached hydrogens (tertiary/aromatic N) is 1. The van der Waals surface area contributed by atoms with E-state index < -0.39 is 21.8 Å². The molecule has 0 saturated carbocycles. The number of urea groups is 1. The van der Waals surface area contributed by atoms with Gasteiger partial charge in [-0.25, -0.2) is 18.1 Å². The Morgan fingerprint density at radius 2 is 1.79 bits per heavy atom. The average Bonchev–Trinajstić information content (AvgIpc) is 3.41. The Morgan fingerprint density at radius 1 is 1.14 bits per heavy atom. The van der Waals surface area contributed by atoms with Crippen molar-refractivity contribution in [2.45, 2.75) is 49.3 Å². The van der Waals surface area contributed by atoms with E-state index in [1.807, 2.05) is 0 Å². The van der Waals surface area contributed by atoms with Gasteiger partial charge in [0.05, 0.1) is 0 Å². The largest absolute Gasteiger partial charge is 0.354 e. The molecule has 2 aliphatic carbocycles. The second-order valence-corrected chi connectivity index (χ2v) is 10.8. The molecule has 2 aromatic rings.